The highest BCUT2D eigenvalue weighted by atomic mass is 35.5. The Morgan fingerprint density at radius 3 is 2.78 bits per heavy atom. The van der Waals surface area contributed by atoms with Crippen LogP contribution in [0.15, 0.2) is 18.2 Å². The molecule has 0 bridgehead atoms. The predicted molar refractivity (Wildman–Crippen MR) is 92.4 cm³/mol. The first-order valence-corrected chi connectivity index (χ1v) is 9.43. The van der Waals surface area contributed by atoms with Crippen LogP contribution in [0.2, 0.25) is 10.0 Å². The van der Waals surface area contributed by atoms with Crippen molar-refractivity contribution >= 4 is 46.8 Å². The van der Waals surface area contributed by atoms with Gasteiger partial charge in [0.15, 0.2) is 0 Å². The van der Waals surface area contributed by atoms with E-state index >= 15 is 0 Å². The van der Waals surface area contributed by atoms with Crippen LogP contribution in [0, 0.1) is 5.92 Å². The van der Waals surface area contributed by atoms with Crippen LogP contribution in [0.1, 0.15) is 24.3 Å². The van der Waals surface area contributed by atoms with Crippen LogP contribution < -0.4 is 0 Å². The van der Waals surface area contributed by atoms with E-state index in [0.29, 0.717) is 22.3 Å². The first-order valence-electron chi connectivity index (χ1n) is 7.52. The molecule has 3 atom stereocenters. The molecule has 0 spiro atoms. The van der Waals surface area contributed by atoms with Crippen LogP contribution in [-0.2, 0) is 9.59 Å². The highest BCUT2D eigenvalue weighted by molar-refractivity contribution is 7.99. The zero-order valence-electron chi connectivity index (χ0n) is 12.4. The number of thioether (sulfide) groups is 1. The smallest absolute Gasteiger partial charge is 0.305 e. The van der Waals surface area contributed by atoms with Gasteiger partial charge in [-0.1, -0.05) is 29.3 Å². The van der Waals surface area contributed by atoms with Crippen molar-refractivity contribution in [1.29, 1.82) is 0 Å². The first kappa shape index (κ1) is 16.9. The van der Waals surface area contributed by atoms with Crippen molar-refractivity contribution in [2.24, 2.45) is 5.92 Å². The minimum atomic E-state index is -0.855. The maximum Gasteiger partial charge on any atom is 0.305 e. The first-order chi connectivity index (χ1) is 11.0. The fourth-order valence-corrected chi connectivity index (χ4v) is 4.48. The summed E-state index contributed by atoms with van der Waals surface area (Å²) in [6, 6.07) is 5.29. The molecule has 1 amide bonds. The summed E-state index contributed by atoms with van der Waals surface area (Å²) in [5, 5.41) is 10.0. The number of rotatable bonds is 4. The Hall–Kier alpha value is -0.910. The van der Waals surface area contributed by atoms with Gasteiger partial charge in [-0.2, -0.15) is 11.8 Å². The molecule has 0 radical (unpaired) electrons. The summed E-state index contributed by atoms with van der Waals surface area (Å²) in [6.45, 7) is 0.631. The molecule has 1 aliphatic heterocycles. The zero-order chi connectivity index (χ0) is 16.6. The van der Waals surface area contributed by atoms with Crippen molar-refractivity contribution in [3.63, 3.8) is 0 Å². The Labute approximate surface area is 149 Å². The number of benzene rings is 1. The van der Waals surface area contributed by atoms with Crippen LogP contribution in [0.4, 0.5) is 0 Å². The monoisotopic (exact) mass is 373 g/mol. The van der Waals surface area contributed by atoms with Crippen molar-refractivity contribution < 1.29 is 14.7 Å². The molecule has 4 nitrogen and oxygen atoms in total. The van der Waals surface area contributed by atoms with Crippen LogP contribution in [0.5, 0.6) is 0 Å². The summed E-state index contributed by atoms with van der Waals surface area (Å²) in [5.41, 5.74) is 1.03. The van der Waals surface area contributed by atoms with E-state index in [4.69, 9.17) is 28.3 Å². The van der Waals surface area contributed by atoms with Gasteiger partial charge < -0.3 is 10.0 Å². The van der Waals surface area contributed by atoms with Gasteiger partial charge in [-0.15, -0.1) is 0 Å². The third kappa shape index (κ3) is 3.78. The van der Waals surface area contributed by atoms with Gasteiger partial charge in [0.1, 0.15) is 0 Å². The third-order valence-corrected chi connectivity index (χ3v) is 6.23. The van der Waals surface area contributed by atoms with E-state index in [-0.39, 0.29) is 30.2 Å². The molecule has 1 saturated carbocycles. The molecule has 1 heterocycles. The number of amides is 1. The van der Waals surface area contributed by atoms with E-state index < -0.39 is 5.97 Å². The number of carboxylic acids is 1. The van der Waals surface area contributed by atoms with Gasteiger partial charge in [0.2, 0.25) is 5.91 Å². The fourth-order valence-electron chi connectivity index (χ4n) is 3.11. The number of hydrogen-bond donors (Lipinski definition) is 1. The molecular formula is C16H17Cl2NO3S. The highest BCUT2D eigenvalue weighted by Gasteiger charge is 2.47. The average molecular weight is 374 g/mol. The molecule has 3 rings (SSSR count). The number of hydrogen-bond acceptors (Lipinski definition) is 3. The summed E-state index contributed by atoms with van der Waals surface area (Å²) in [4.78, 5) is 25.5. The SMILES string of the molecule is O=C(O)CC1CSCCN1C(=O)C1CC1c1ccc(Cl)c(Cl)c1. The van der Waals surface area contributed by atoms with Crippen molar-refractivity contribution in [2.45, 2.75) is 24.8 Å². The van der Waals surface area contributed by atoms with E-state index in [9.17, 15) is 9.59 Å². The Morgan fingerprint density at radius 2 is 2.09 bits per heavy atom. The number of halogens is 2. The van der Waals surface area contributed by atoms with Gasteiger partial charge in [0.25, 0.3) is 0 Å². The lowest BCUT2D eigenvalue weighted by Gasteiger charge is -2.35. The van der Waals surface area contributed by atoms with Gasteiger partial charge in [-0.3, -0.25) is 9.59 Å². The molecular weight excluding hydrogens is 357 g/mol. The van der Waals surface area contributed by atoms with Gasteiger partial charge in [-0.25, -0.2) is 0 Å². The summed E-state index contributed by atoms with van der Waals surface area (Å²) < 4.78 is 0. The number of carboxylic acid groups (broad SMARTS) is 1. The zero-order valence-corrected chi connectivity index (χ0v) is 14.7. The summed E-state index contributed by atoms with van der Waals surface area (Å²) in [7, 11) is 0. The second-order valence-electron chi connectivity index (χ2n) is 5.98. The molecule has 1 aromatic rings. The van der Waals surface area contributed by atoms with E-state index in [1.165, 1.54) is 0 Å². The van der Waals surface area contributed by atoms with Crippen LogP contribution in [0.25, 0.3) is 0 Å². The second kappa shape index (κ2) is 6.91. The lowest BCUT2D eigenvalue weighted by molar-refractivity contribution is -0.140. The molecule has 124 valence electrons. The van der Waals surface area contributed by atoms with Crippen molar-refractivity contribution in [3.05, 3.63) is 33.8 Å². The lowest BCUT2D eigenvalue weighted by Crippen LogP contribution is -2.47. The second-order valence-corrected chi connectivity index (χ2v) is 7.94. The van der Waals surface area contributed by atoms with Gasteiger partial charge in [0, 0.05) is 24.0 Å². The van der Waals surface area contributed by atoms with Crippen LogP contribution >= 0.6 is 35.0 Å². The summed E-state index contributed by atoms with van der Waals surface area (Å²) in [5.74, 6) is 0.887. The van der Waals surface area contributed by atoms with Gasteiger partial charge in [-0.05, 0) is 30.0 Å². The van der Waals surface area contributed by atoms with Crippen molar-refractivity contribution in [2.75, 3.05) is 18.1 Å². The molecule has 2 aliphatic rings. The average Bonchev–Trinajstić information content (AvgIpc) is 3.30. The quantitative estimate of drug-likeness (QED) is 0.876. The fraction of sp³-hybridized carbons (Fsp3) is 0.500. The normalized spacial score (nSPS) is 26.9. The van der Waals surface area contributed by atoms with E-state index in [2.05, 4.69) is 0 Å². The summed E-state index contributed by atoms with van der Waals surface area (Å²) in [6.07, 6.45) is 0.809. The maximum absolute atomic E-state index is 12.8. The predicted octanol–water partition coefficient (Wildman–Crippen LogP) is 3.52. The molecule has 3 unspecified atom stereocenters. The van der Waals surface area contributed by atoms with Crippen molar-refractivity contribution in [3.8, 4) is 0 Å². The lowest BCUT2D eigenvalue weighted by atomic mass is 10.1. The molecule has 1 saturated heterocycles. The molecule has 2 fully saturated rings. The minimum absolute atomic E-state index is 0.0168. The van der Waals surface area contributed by atoms with Gasteiger partial charge >= 0.3 is 5.97 Å². The van der Waals surface area contributed by atoms with Crippen molar-refractivity contribution in [1.82, 2.24) is 4.90 Å². The van der Waals surface area contributed by atoms with Crippen LogP contribution in [0.3, 0.4) is 0 Å². The minimum Gasteiger partial charge on any atom is -0.481 e. The number of carbonyl (C=O) groups is 2. The highest BCUT2D eigenvalue weighted by Crippen LogP contribution is 2.49. The number of aliphatic carboxylic acids is 1. The standard InChI is InChI=1S/C16H17Cl2NO3S/c17-13-2-1-9(5-14(13)18)11-7-12(11)16(22)19-3-4-23-8-10(19)6-15(20)21/h1-2,5,10-12H,3-4,6-8H2,(H,20,21). The van der Waals surface area contributed by atoms with Gasteiger partial charge in [0.05, 0.1) is 22.5 Å². The Balaban J connectivity index is 1.68. The molecule has 0 aromatic heterocycles. The van der Waals surface area contributed by atoms with Crippen LogP contribution in [-0.4, -0.2) is 46.0 Å². The van der Waals surface area contributed by atoms with E-state index in [1.54, 1.807) is 22.7 Å². The Morgan fingerprint density at radius 1 is 1.30 bits per heavy atom. The van der Waals surface area contributed by atoms with E-state index in [1.807, 2.05) is 12.1 Å². The number of nitrogens with zero attached hydrogens (tertiary/aromatic N) is 1. The number of carbonyl (C=O) groups excluding carboxylic acids is 1. The molecule has 23 heavy (non-hydrogen) atoms. The topological polar surface area (TPSA) is 57.6 Å². The maximum atomic E-state index is 12.8. The molecule has 1 N–H and O–H groups in total. The Bertz CT molecular complexity index is 640. The molecule has 1 aromatic carbocycles. The Kier molecular flexibility index (Phi) is 5.09. The van der Waals surface area contributed by atoms with E-state index in [0.717, 1.165) is 17.7 Å². The summed E-state index contributed by atoms with van der Waals surface area (Å²) >= 11 is 13.7. The molecule has 7 heteroatoms. The largest absolute Gasteiger partial charge is 0.481 e. The molecule has 1 aliphatic carbocycles. The third-order valence-electron chi connectivity index (χ3n) is 4.40.